The number of benzene rings is 2. The van der Waals surface area contributed by atoms with Gasteiger partial charge in [-0.3, -0.25) is 24.1 Å². The van der Waals surface area contributed by atoms with Crippen molar-refractivity contribution in [1.82, 2.24) is 4.98 Å². The van der Waals surface area contributed by atoms with Gasteiger partial charge in [0, 0.05) is 24.1 Å². The molecule has 1 unspecified atom stereocenters. The minimum absolute atomic E-state index is 0.103. The Kier molecular flexibility index (Phi) is 5.02. The Labute approximate surface area is 219 Å². The molecule has 37 heavy (non-hydrogen) atoms. The van der Waals surface area contributed by atoms with Crippen LogP contribution in [0.4, 0.5) is 10.8 Å². The van der Waals surface area contributed by atoms with E-state index in [1.165, 1.54) is 28.9 Å². The Hall–Kier alpha value is -4.08. The number of rotatable bonds is 4. The van der Waals surface area contributed by atoms with Crippen molar-refractivity contribution in [2.45, 2.75) is 19.4 Å². The third-order valence-electron chi connectivity index (χ3n) is 6.69. The van der Waals surface area contributed by atoms with Crippen LogP contribution < -0.4 is 15.2 Å². The second kappa shape index (κ2) is 7.96. The van der Waals surface area contributed by atoms with E-state index >= 15 is 0 Å². The Bertz CT molecular complexity index is 1770. The molecule has 4 aromatic rings. The number of aryl methyl sites for hydroxylation is 1. The van der Waals surface area contributed by atoms with Crippen molar-refractivity contribution in [2.24, 2.45) is 0 Å². The molecule has 6 rings (SSSR count). The van der Waals surface area contributed by atoms with Crippen LogP contribution in [0.3, 0.4) is 0 Å². The first-order valence-corrected chi connectivity index (χ1v) is 12.5. The maximum absolute atomic E-state index is 14.4. The fourth-order valence-electron chi connectivity index (χ4n) is 5.25. The van der Waals surface area contributed by atoms with Crippen LogP contribution in [0.15, 0.2) is 64.3 Å². The van der Waals surface area contributed by atoms with E-state index in [2.05, 4.69) is 11.6 Å². The molecule has 8 nitrogen and oxygen atoms in total. The molecule has 0 radical (unpaired) electrons. The van der Waals surface area contributed by atoms with E-state index in [4.69, 9.17) is 16.0 Å². The van der Waals surface area contributed by atoms with Crippen molar-refractivity contribution in [2.75, 3.05) is 16.3 Å². The molecule has 0 bridgehead atoms. The standard InChI is InChI=1S/C27H18ClN3O5S/c1-4-11-30-18-8-6-5-7-17(18)27(25(30)35)20-21(33)16-12-15(28)9-10-19(16)36-22(20)24(34)31(27)26-29-13(2)23(37-26)14(3)32/h4-10,12H,1,11H2,2-3H3. The smallest absolute Gasteiger partial charge is 0.297 e. The van der Waals surface area contributed by atoms with E-state index in [0.29, 0.717) is 26.8 Å². The van der Waals surface area contributed by atoms with Crippen molar-refractivity contribution in [3.8, 4) is 0 Å². The predicted octanol–water partition coefficient (Wildman–Crippen LogP) is 4.85. The molecule has 0 saturated heterocycles. The number of halogens is 1. The zero-order valence-corrected chi connectivity index (χ0v) is 21.3. The molecule has 1 spiro atoms. The van der Waals surface area contributed by atoms with Crippen molar-refractivity contribution in [3.63, 3.8) is 0 Å². The zero-order chi connectivity index (χ0) is 26.2. The third kappa shape index (κ3) is 2.92. The van der Waals surface area contributed by atoms with E-state index in [0.717, 1.165) is 11.3 Å². The molecule has 184 valence electrons. The molecule has 2 aliphatic heterocycles. The summed E-state index contributed by atoms with van der Waals surface area (Å²) in [6, 6.07) is 11.5. The van der Waals surface area contributed by atoms with Gasteiger partial charge in [-0.25, -0.2) is 4.98 Å². The first-order valence-electron chi connectivity index (χ1n) is 11.3. The van der Waals surface area contributed by atoms with Crippen molar-refractivity contribution in [1.29, 1.82) is 0 Å². The van der Waals surface area contributed by atoms with E-state index in [1.807, 2.05) is 0 Å². The zero-order valence-electron chi connectivity index (χ0n) is 19.7. The van der Waals surface area contributed by atoms with E-state index < -0.39 is 22.8 Å². The highest BCUT2D eigenvalue weighted by molar-refractivity contribution is 7.17. The molecule has 2 aromatic carbocycles. The number of para-hydroxylation sites is 1. The number of Topliss-reactive ketones (excluding diaryl/α,β-unsaturated/α-hetero) is 1. The molecule has 4 heterocycles. The Morgan fingerprint density at radius 2 is 1.97 bits per heavy atom. The molecule has 2 aromatic heterocycles. The predicted molar refractivity (Wildman–Crippen MR) is 141 cm³/mol. The molecule has 0 N–H and O–H groups in total. The number of carbonyl (C=O) groups is 3. The second-order valence-corrected chi connectivity index (χ2v) is 10.2. The molecule has 0 saturated carbocycles. The van der Waals surface area contributed by atoms with Gasteiger partial charge in [0.2, 0.25) is 5.76 Å². The summed E-state index contributed by atoms with van der Waals surface area (Å²) in [5, 5.41) is 0.569. The molecule has 0 fully saturated rings. The largest absolute Gasteiger partial charge is 0.450 e. The topological polar surface area (TPSA) is 101 Å². The van der Waals surface area contributed by atoms with Crippen molar-refractivity contribution in [3.05, 3.63) is 97.8 Å². The Morgan fingerprint density at radius 3 is 2.68 bits per heavy atom. The van der Waals surface area contributed by atoms with Gasteiger partial charge in [-0.2, -0.15) is 0 Å². The molecule has 2 amide bonds. The van der Waals surface area contributed by atoms with Gasteiger partial charge in [0.1, 0.15) is 5.58 Å². The number of thiazole rings is 1. The summed E-state index contributed by atoms with van der Waals surface area (Å²) in [6.45, 7) is 6.98. The van der Waals surface area contributed by atoms with Crippen molar-refractivity contribution < 1.29 is 18.8 Å². The fourth-order valence-corrected chi connectivity index (χ4v) is 6.44. The molecule has 0 aliphatic carbocycles. The lowest BCUT2D eigenvalue weighted by Crippen LogP contribution is -2.53. The lowest BCUT2D eigenvalue weighted by molar-refractivity contribution is -0.121. The van der Waals surface area contributed by atoms with Crippen LogP contribution in [-0.2, 0) is 10.3 Å². The number of ketones is 1. The fraction of sp³-hybridized carbons (Fsp3) is 0.148. The lowest BCUT2D eigenvalue weighted by atomic mass is 9.84. The number of aromatic nitrogens is 1. The highest BCUT2D eigenvalue weighted by Crippen LogP contribution is 2.54. The van der Waals surface area contributed by atoms with Gasteiger partial charge in [0.05, 0.1) is 27.2 Å². The summed E-state index contributed by atoms with van der Waals surface area (Å²) < 4.78 is 6.00. The summed E-state index contributed by atoms with van der Waals surface area (Å²) in [5.74, 6) is -1.69. The SMILES string of the molecule is C=CCN1C(=O)C2(c3ccccc31)c1c(oc3ccc(Cl)cc3c1=O)C(=O)N2c1nc(C)c(C(C)=O)s1. The molecular weight excluding hydrogens is 514 g/mol. The normalized spacial score (nSPS) is 18.1. The van der Waals surface area contributed by atoms with Crippen LogP contribution >= 0.6 is 22.9 Å². The monoisotopic (exact) mass is 531 g/mol. The summed E-state index contributed by atoms with van der Waals surface area (Å²) in [5.41, 5.74) is -0.985. The summed E-state index contributed by atoms with van der Waals surface area (Å²) in [7, 11) is 0. The first-order chi connectivity index (χ1) is 17.7. The highest BCUT2D eigenvalue weighted by atomic mass is 35.5. The number of anilines is 2. The van der Waals surface area contributed by atoms with Crippen molar-refractivity contribution >= 4 is 62.3 Å². The van der Waals surface area contributed by atoms with Gasteiger partial charge in [-0.1, -0.05) is 47.2 Å². The average Bonchev–Trinajstić information content (AvgIpc) is 3.46. The minimum Gasteiger partial charge on any atom is -0.450 e. The molecule has 1 atom stereocenters. The third-order valence-corrected chi connectivity index (χ3v) is 8.17. The number of hydrogen-bond acceptors (Lipinski definition) is 7. The van der Waals surface area contributed by atoms with Crippen LogP contribution in [0.5, 0.6) is 0 Å². The van der Waals surface area contributed by atoms with Crippen LogP contribution in [0, 0.1) is 6.92 Å². The van der Waals surface area contributed by atoms with Crippen LogP contribution in [0.2, 0.25) is 5.02 Å². The quantitative estimate of drug-likeness (QED) is 0.275. The number of carbonyl (C=O) groups excluding carboxylic acids is 3. The van der Waals surface area contributed by atoms with Gasteiger partial charge < -0.3 is 9.32 Å². The highest BCUT2D eigenvalue weighted by Gasteiger charge is 2.66. The number of nitrogens with zero attached hydrogens (tertiary/aromatic N) is 3. The van der Waals surface area contributed by atoms with Gasteiger partial charge in [-0.15, -0.1) is 6.58 Å². The summed E-state index contributed by atoms with van der Waals surface area (Å²) >= 11 is 7.18. The van der Waals surface area contributed by atoms with E-state index in [1.54, 1.807) is 43.3 Å². The molecule has 2 aliphatic rings. The van der Waals surface area contributed by atoms with Crippen LogP contribution in [0.25, 0.3) is 11.0 Å². The van der Waals surface area contributed by atoms with E-state index in [-0.39, 0.29) is 39.8 Å². The number of amides is 2. The maximum atomic E-state index is 14.4. The summed E-state index contributed by atoms with van der Waals surface area (Å²) in [6.07, 6.45) is 1.57. The number of hydrogen-bond donors (Lipinski definition) is 0. The average molecular weight is 532 g/mol. The number of fused-ring (bicyclic) bond motifs is 5. The molecule has 10 heteroatoms. The van der Waals surface area contributed by atoms with Gasteiger partial charge in [0.15, 0.2) is 21.9 Å². The van der Waals surface area contributed by atoms with Crippen LogP contribution in [-0.4, -0.2) is 29.1 Å². The lowest BCUT2D eigenvalue weighted by Gasteiger charge is -2.32. The second-order valence-electron chi connectivity index (χ2n) is 8.82. The first kappa shape index (κ1) is 23.3. The van der Waals surface area contributed by atoms with E-state index in [9.17, 15) is 19.2 Å². The Morgan fingerprint density at radius 1 is 1.22 bits per heavy atom. The van der Waals surface area contributed by atoms with Crippen LogP contribution in [0.1, 0.15) is 44.0 Å². The van der Waals surface area contributed by atoms with Gasteiger partial charge in [-0.05, 0) is 31.2 Å². The Balaban J connectivity index is 1.78. The minimum atomic E-state index is -1.89. The van der Waals surface area contributed by atoms with Gasteiger partial charge >= 0.3 is 0 Å². The van der Waals surface area contributed by atoms with Gasteiger partial charge in [0.25, 0.3) is 11.8 Å². The molecular formula is C27H18ClN3O5S. The maximum Gasteiger partial charge on any atom is 0.297 e. The summed E-state index contributed by atoms with van der Waals surface area (Å²) in [4.78, 5) is 62.4.